The van der Waals surface area contributed by atoms with Gasteiger partial charge in [0.2, 0.25) is 0 Å². The van der Waals surface area contributed by atoms with E-state index in [-0.39, 0.29) is 144 Å². The van der Waals surface area contributed by atoms with Gasteiger partial charge in [-0.05, 0) is 69.4 Å². The Balaban J connectivity index is 0.00000253. The second-order valence-electron chi connectivity index (χ2n) is 8.84. The number of thiophene rings is 5. The number of hydrogen-bond donors (Lipinski definition) is 0. The summed E-state index contributed by atoms with van der Waals surface area (Å²) in [4.78, 5) is 51.3. The van der Waals surface area contributed by atoms with E-state index in [4.69, 9.17) is 0 Å². The Morgan fingerprint density at radius 2 is 0.778 bits per heavy atom. The molecule has 0 spiro atoms. The molecule has 0 aliphatic carbocycles. The molecule has 0 fully saturated rings. The van der Waals surface area contributed by atoms with E-state index in [9.17, 15) is 39.6 Å². The van der Waals surface area contributed by atoms with Gasteiger partial charge in [-0.2, -0.15) is 0 Å². The zero-order valence-corrected chi connectivity index (χ0v) is 36.8. The SMILES string of the molecule is O=C([O-])Cc1ccsc1-c1cc(CC(=O)[O-])c(-c2ccc(-c3sc(-c4sccc4CC(=O)[O-])cc3CC(=O)[O-])s2)s1.[Na+].[Na+].[Na+].[Na+]. The van der Waals surface area contributed by atoms with Crippen LogP contribution in [-0.2, 0) is 44.9 Å². The smallest absolute Gasteiger partial charge is 0.550 e. The van der Waals surface area contributed by atoms with E-state index in [0.717, 1.165) is 29.3 Å². The van der Waals surface area contributed by atoms with Crippen LogP contribution in [0.3, 0.4) is 0 Å². The topological polar surface area (TPSA) is 161 Å². The summed E-state index contributed by atoms with van der Waals surface area (Å²) in [5, 5.41) is 49.1. The van der Waals surface area contributed by atoms with Crippen LogP contribution in [0.4, 0.5) is 0 Å². The molecular formula is C28H16Na4O8S5. The fraction of sp³-hybridized carbons (Fsp3) is 0.143. The molecular weight excluding hydrogens is 717 g/mol. The van der Waals surface area contributed by atoms with Crippen molar-refractivity contribution >= 4 is 80.6 Å². The van der Waals surface area contributed by atoms with Gasteiger partial charge in [0.05, 0.1) is 0 Å². The third kappa shape index (κ3) is 10.9. The van der Waals surface area contributed by atoms with Crippen LogP contribution in [0.25, 0.3) is 39.0 Å². The van der Waals surface area contributed by atoms with Gasteiger partial charge in [-0.3, -0.25) is 0 Å². The second kappa shape index (κ2) is 19.5. The average Bonchev–Trinajstić information content (AvgIpc) is 3.68. The van der Waals surface area contributed by atoms with Crippen LogP contribution in [0.1, 0.15) is 22.3 Å². The standard InChI is InChI=1S/C28H20O8S5.4Na/c29-21(30)9-13-3-5-37-25(13)19-7-15(11-23(33)34)27(40-19)17-1-2-18(39-17)28-16(12-24(35)36)8-20(41-28)26-14(4-6-38-26)10-22(31)32;;;;/h1-8H,9-12H2,(H,29,30)(H,31,32)(H,33,34)(H,35,36);;;;/q;4*+1/p-4. The number of carboxylic acid groups (broad SMARTS) is 4. The number of hydrogen-bond acceptors (Lipinski definition) is 13. The van der Waals surface area contributed by atoms with Crippen molar-refractivity contribution in [2.45, 2.75) is 25.7 Å². The molecule has 0 aliphatic rings. The van der Waals surface area contributed by atoms with Crippen LogP contribution in [0.5, 0.6) is 0 Å². The van der Waals surface area contributed by atoms with Gasteiger partial charge in [0, 0.05) is 88.6 Å². The van der Waals surface area contributed by atoms with Crippen LogP contribution in [-0.4, -0.2) is 23.9 Å². The summed E-state index contributed by atoms with van der Waals surface area (Å²) in [6.45, 7) is 0. The van der Waals surface area contributed by atoms with Gasteiger partial charge in [-0.25, -0.2) is 0 Å². The van der Waals surface area contributed by atoms with Gasteiger partial charge >= 0.3 is 118 Å². The van der Waals surface area contributed by atoms with Crippen LogP contribution in [0.15, 0.2) is 47.2 Å². The molecule has 0 radical (unpaired) electrons. The van der Waals surface area contributed by atoms with Crippen molar-refractivity contribution in [3.8, 4) is 39.0 Å². The first-order valence-corrected chi connectivity index (χ1v) is 16.1. The van der Waals surface area contributed by atoms with Crippen molar-refractivity contribution in [1.29, 1.82) is 0 Å². The zero-order chi connectivity index (χ0) is 29.3. The summed E-state index contributed by atoms with van der Waals surface area (Å²) >= 11 is 6.77. The Labute approximate surface area is 366 Å². The Morgan fingerprint density at radius 1 is 0.444 bits per heavy atom. The van der Waals surface area contributed by atoms with Crippen molar-refractivity contribution in [1.82, 2.24) is 0 Å². The largest absolute Gasteiger partial charge is 1.00 e. The van der Waals surface area contributed by atoms with Crippen LogP contribution < -0.4 is 139 Å². The molecule has 5 heterocycles. The van der Waals surface area contributed by atoms with Crippen molar-refractivity contribution in [3.05, 3.63) is 69.4 Å². The summed E-state index contributed by atoms with van der Waals surface area (Å²) in [5.74, 6) is -4.93. The molecule has 8 nitrogen and oxygen atoms in total. The molecule has 210 valence electrons. The van der Waals surface area contributed by atoms with E-state index in [2.05, 4.69) is 0 Å². The van der Waals surface area contributed by atoms with Gasteiger partial charge in [-0.1, -0.05) is 0 Å². The molecule has 5 aromatic rings. The predicted molar refractivity (Wildman–Crippen MR) is 152 cm³/mol. The summed E-state index contributed by atoms with van der Waals surface area (Å²) < 4.78 is 0. The van der Waals surface area contributed by atoms with E-state index in [1.807, 2.05) is 12.1 Å². The van der Waals surface area contributed by atoms with Gasteiger partial charge in [0.1, 0.15) is 0 Å². The minimum absolute atomic E-state index is 0. The van der Waals surface area contributed by atoms with Gasteiger partial charge in [0.15, 0.2) is 0 Å². The molecule has 45 heavy (non-hydrogen) atoms. The Bertz CT molecular complexity index is 1670. The summed E-state index contributed by atoms with van der Waals surface area (Å²) in [7, 11) is 0. The van der Waals surface area contributed by atoms with E-state index >= 15 is 0 Å². The molecule has 0 saturated heterocycles. The second-order valence-corrected chi connectivity index (χ2v) is 13.9. The molecule has 17 heteroatoms. The summed E-state index contributed by atoms with van der Waals surface area (Å²) in [6, 6.07) is 10.5. The minimum atomic E-state index is -1.25. The van der Waals surface area contributed by atoms with Gasteiger partial charge < -0.3 is 39.6 Å². The molecule has 0 aliphatic heterocycles. The molecule has 5 rings (SSSR count). The zero-order valence-electron chi connectivity index (χ0n) is 24.8. The number of aliphatic carboxylic acids is 4. The molecule has 0 amide bonds. The maximum absolute atomic E-state index is 11.6. The molecule has 5 aromatic heterocycles. The first-order chi connectivity index (χ1) is 19.6. The van der Waals surface area contributed by atoms with Gasteiger partial charge in [-0.15, -0.1) is 56.7 Å². The third-order valence-corrected chi connectivity index (χ3v) is 12.0. The maximum atomic E-state index is 11.6. The van der Waals surface area contributed by atoms with Crippen molar-refractivity contribution in [3.63, 3.8) is 0 Å². The quantitative estimate of drug-likeness (QED) is 0.114. The van der Waals surface area contributed by atoms with Crippen molar-refractivity contribution in [2.24, 2.45) is 0 Å². The van der Waals surface area contributed by atoms with E-state index in [0.29, 0.717) is 32.0 Å². The summed E-state index contributed by atoms with van der Waals surface area (Å²) in [5.41, 5.74) is 2.22. The molecule has 0 N–H and O–H groups in total. The van der Waals surface area contributed by atoms with E-state index in [1.54, 1.807) is 35.0 Å². The van der Waals surface area contributed by atoms with E-state index in [1.165, 1.54) is 56.7 Å². The normalized spacial score (nSPS) is 10.1. The van der Waals surface area contributed by atoms with E-state index < -0.39 is 23.9 Å². The molecule has 0 bridgehead atoms. The minimum Gasteiger partial charge on any atom is -0.550 e. The number of carbonyl (C=O) groups excluding carboxylic acids is 4. The van der Waals surface area contributed by atoms with Crippen LogP contribution >= 0.6 is 56.7 Å². The Morgan fingerprint density at radius 3 is 1.11 bits per heavy atom. The number of carbonyl (C=O) groups is 4. The Kier molecular flexibility index (Phi) is 18.8. The first-order valence-electron chi connectivity index (χ1n) is 11.9. The molecule has 0 saturated carbocycles. The van der Waals surface area contributed by atoms with Gasteiger partial charge in [0.25, 0.3) is 0 Å². The summed E-state index contributed by atoms with van der Waals surface area (Å²) in [6.07, 6.45) is -1.19. The number of carboxylic acids is 4. The first kappa shape index (κ1) is 43.4. The fourth-order valence-electron chi connectivity index (χ4n) is 4.35. The maximum Gasteiger partial charge on any atom is 1.00 e. The molecule has 0 unspecified atom stereocenters. The molecule has 0 atom stereocenters. The van der Waals surface area contributed by atoms with Crippen LogP contribution in [0, 0.1) is 0 Å². The van der Waals surface area contributed by atoms with Crippen LogP contribution in [0.2, 0.25) is 0 Å². The third-order valence-electron chi connectivity index (χ3n) is 5.95. The average molecular weight is 733 g/mol. The van der Waals surface area contributed by atoms with Crippen molar-refractivity contribution in [2.75, 3.05) is 0 Å². The molecule has 0 aromatic carbocycles. The fourth-order valence-corrected chi connectivity index (χ4v) is 10.2. The predicted octanol–water partition coefficient (Wildman–Crippen LogP) is -10.2. The Hall–Kier alpha value is 0.380. The monoisotopic (exact) mass is 732 g/mol. The van der Waals surface area contributed by atoms with Crippen molar-refractivity contribution < 1.29 is 158 Å². The number of rotatable bonds is 12.